The van der Waals surface area contributed by atoms with Gasteiger partial charge in [-0.3, -0.25) is 0 Å². The molecule has 1 fully saturated rings. The molecule has 0 unspecified atom stereocenters. The van der Waals surface area contributed by atoms with Gasteiger partial charge < -0.3 is 14.2 Å². The lowest BCUT2D eigenvalue weighted by Crippen LogP contribution is -2.12. The predicted octanol–water partition coefficient (Wildman–Crippen LogP) is 8.34. The molecule has 0 amide bonds. The maximum Gasteiger partial charge on any atom is 0.346 e. The summed E-state index contributed by atoms with van der Waals surface area (Å²) in [6, 6.07) is 9.39. The number of rotatable bonds is 17. The molecule has 0 spiro atoms. The molecule has 1 heterocycles. The number of aromatic nitrogens is 2. The van der Waals surface area contributed by atoms with Gasteiger partial charge in [0.1, 0.15) is 5.75 Å². The van der Waals surface area contributed by atoms with Crippen LogP contribution in [0.2, 0.25) is 0 Å². The van der Waals surface area contributed by atoms with Crippen molar-refractivity contribution in [2.75, 3.05) is 13.2 Å². The highest BCUT2D eigenvalue weighted by molar-refractivity contribution is 5.91. The van der Waals surface area contributed by atoms with Crippen LogP contribution in [0, 0.1) is 17.6 Å². The highest BCUT2D eigenvalue weighted by atomic mass is 19.2. The van der Waals surface area contributed by atoms with Gasteiger partial charge in [-0.25, -0.2) is 19.2 Å². The van der Waals surface area contributed by atoms with E-state index in [9.17, 15) is 13.6 Å². The van der Waals surface area contributed by atoms with E-state index in [2.05, 4.69) is 16.9 Å². The van der Waals surface area contributed by atoms with Gasteiger partial charge in [0.2, 0.25) is 5.82 Å². The Hall–Kier alpha value is -3.55. The molecule has 1 aliphatic carbocycles. The summed E-state index contributed by atoms with van der Waals surface area (Å²) < 4.78 is 45.4. The molecule has 3 aromatic rings. The normalized spacial score (nSPS) is 12.8. The number of esters is 1. The Labute approximate surface area is 235 Å². The molecule has 8 heteroatoms. The number of ether oxygens (including phenoxy) is 3. The first-order valence-corrected chi connectivity index (χ1v) is 14.4. The van der Waals surface area contributed by atoms with Crippen LogP contribution in [0.15, 0.2) is 48.8 Å². The minimum absolute atomic E-state index is 0.198. The zero-order valence-corrected chi connectivity index (χ0v) is 23.2. The van der Waals surface area contributed by atoms with Crippen molar-refractivity contribution in [2.45, 2.75) is 77.6 Å². The summed E-state index contributed by atoms with van der Waals surface area (Å²) in [4.78, 5) is 21.1. The zero-order chi connectivity index (χ0) is 28.2. The summed E-state index contributed by atoms with van der Waals surface area (Å²) >= 11 is 0. The van der Waals surface area contributed by atoms with Crippen molar-refractivity contribution >= 4 is 5.97 Å². The second-order valence-corrected chi connectivity index (χ2v) is 10.3. The quantitative estimate of drug-likeness (QED) is 0.0952. The Bertz CT molecular complexity index is 1210. The lowest BCUT2D eigenvalue weighted by Gasteiger charge is -2.10. The van der Waals surface area contributed by atoms with E-state index in [1.165, 1.54) is 50.7 Å². The molecule has 40 heavy (non-hydrogen) atoms. The van der Waals surface area contributed by atoms with Crippen LogP contribution in [0.4, 0.5) is 8.78 Å². The van der Waals surface area contributed by atoms with E-state index in [1.807, 2.05) is 0 Å². The fraction of sp³-hybridized carbons (Fsp3) is 0.469. The van der Waals surface area contributed by atoms with Gasteiger partial charge in [-0.1, -0.05) is 70.4 Å². The molecule has 0 aliphatic heterocycles. The van der Waals surface area contributed by atoms with Crippen molar-refractivity contribution in [3.8, 4) is 28.6 Å². The first-order valence-electron chi connectivity index (χ1n) is 14.4. The third-order valence-electron chi connectivity index (χ3n) is 6.98. The Balaban J connectivity index is 1.24. The van der Waals surface area contributed by atoms with E-state index in [1.54, 1.807) is 36.7 Å². The van der Waals surface area contributed by atoms with Crippen molar-refractivity contribution in [1.82, 2.24) is 9.97 Å². The highest BCUT2D eigenvalue weighted by Crippen LogP contribution is 2.34. The Morgan fingerprint density at radius 1 is 0.800 bits per heavy atom. The number of carbonyl (C=O) groups excluding carboxylic acids is 1. The van der Waals surface area contributed by atoms with E-state index < -0.39 is 23.2 Å². The largest absolute Gasteiger partial charge is 0.490 e. The Kier molecular flexibility index (Phi) is 11.3. The molecule has 1 saturated carbocycles. The molecule has 2 aromatic carbocycles. The van der Waals surface area contributed by atoms with Gasteiger partial charge in [0.15, 0.2) is 11.6 Å². The van der Waals surface area contributed by atoms with Crippen molar-refractivity contribution in [3.63, 3.8) is 0 Å². The molecular formula is C32H38F2N2O4. The van der Waals surface area contributed by atoms with Gasteiger partial charge in [-0.2, -0.15) is 4.39 Å². The maximum atomic E-state index is 14.6. The van der Waals surface area contributed by atoms with Gasteiger partial charge in [-0.05, 0) is 55.0 Å². The number of hydrogen-bond acceptors (Lipinski definition) is 6. The maximum absolute atomic E-state index is 14.6. The van der Waals surface area contributed by atoms with Gasteiger partial charge in [-0.15, -0.1) is 0 Å². The van der Waals surface area contributed by atoms with Crippen LogP contribution in [-0.4, -0.2) is 29.2 Å². The van der Waals surface area contributed by atoms with Crippen molar-refractivity contribution in [1.29, 1.82) is 0 Å². The van der Waals surface area contributed by atoms with E-state index in [4.69, 9.17) is 14.2 Å². The molecule has 6 nitrogen and oxygen atoms in total. The van der Waals surface area contributed by atoms with Crippen LogP contribution in [-0.2, 0) is 0 Å². The minimum Gasteiger partial charge on any atom is -0.490 e. The lowest BCUT2D eigenvalue weighted by molar-refractivity contribution is 0.0728. The number of carbonyl (C=O) groups is 1. The summed E-state index contributed by atoms with van der Waals surface area (Å²) in [6.07, 6.45) is 16.0. The van der Waals surface area contributed by atoms with Crippen LogP contribution in [0.1, 0.15) is 87.9 Å². The molecule has 0 atom stereocenters. The van der Waals surface area contributed by atoms with Gasteiger partial charge >= 0.3 is 12.0 Å². The van der Waals surface area contributed by atoms with Crippen LogP contribution in [0.25, 0.3) is 11.1 Å². The van der Waals surface area contributed by atoms with E-state index in [0.717, 1.165) is 49.1 Å². The molecule has 0 bridgehead atoms. The smallest absolute Gasteiger partial charge is 0.346 e. The van der Waals surface area contributed by atoms with Gasteiger partial charge in [0, 0.05) is 18.0 Å². The molecule has 0 radical (unpaired) electrons. The molecular weight excluding hydrogens is 514 g/mol. The summed E-state index contributed by atoms with van der Waals surface area (Å²) in [6.45, 7) is 3.10. The molecule has 4 rings (SSSR count). The predicted molar refractivity (Wildman–Crippen MR) is 150 cm³/mol. The molecule has 214 valence electrons. The molecule has 0 N–H and O–H groups in total. The number of benzene rings is 2. The number of unbranched alkanes of at least 4 members (excludes halogenated alkanes) is 6. The molecule has 0 saturated heterocycles. The summed E-state index contributed by atoms with van der Waals surface area (Å²) in [5.74, 6) is -2.64. The van der Waals surface area contributed by atoms with Crippen LogP contribution >= 0.6 is 0 Å². The SMILES string of the molecule is CCCCCCCCOc1ncc(-c2ccc(OC(=O)c3ccc(OCCCCC4CC4)c(F)c3F)cc2)cn1. The van der Waals surface area contributed by atoms with Crippen molar-refractivity contribution < 1.29 is 27.8 Å². The monoisotopic (exact) mass is 552 g/mol. The van der Waals surface area contributed by atoms with E-state index in [-0.39, 0.29) is 11.5 Å². The Morgan fingerprint density at radius 3 is 2.20 bits per heavy atom. The van der Waals surface area contributed by atoms with Crippen LogP contribution < -0.4 is 14.2 Å². The van der Waals surface area contributed by atoms with Crippen LogP contribution in [0.5, 0.6) is 17.5 Å². The summed E-state index contributed by atoms with van der Waals surface area (Å²) in [7, 11) is 0. The second-order valence-electron chi connectivity index (χ2n) is 10.3. The van der Waals surface area contributed by atoms with Crippen LogP contribution in [0.3, 0.4) is 0 Å². The number of hydrogen-bond donors (Lipinski definition) is 0. The third kappa shape index (κ3) is 9.00. The topological polar surface area (TPSA) is 70.5 Å². The van der Waals surface area contributed by atoms with Crippen molar-refractivity contribution in [3.05, 3.63) is 66.0 Å². The summed E-state index contributed by atoms with van der Waals surface area (Å²) in [5, 5.41) is 0. The number of nitrogens with zero attached hydrogens (tertiary/aromatic N) is 2. The molecule has 1 aliphatic rings. The summed E-state index contributed by atoms with van der Waals surface area (Å²) in [5.41, 5.74) is 1.08. The average molecular weight is 553 g/mol. The van der Waals surface area contributed by atoms with Gasteiger partial charge in [0.25, 0.3) is 0 Å². The fourth-order valence-electron chi connectivity index (χ4n) is 4.39. The highest BCUT2D eigenvalue weighted by Gasteiger charge is 2.22. The Morgan fingerprint density at radius 2 is 1.48 bits per heavy atom. The lowest BCUT2D eigenvalue weighted by atomic mass is 10.1. The van der Waals surface area contributed by atoms with Crippen molar-refractivity contribution in [2.24, 2.45) is 5.92 Å². The van der Waals surface area contributed by atoms with E-state index >= 15 is 0 Å². The number of halogens is 2. The third-order valence-corrected chi connectivity index (χ3v) is 6.98. The van der Waals surface area contributed by atoms with E-state index in [0.29, 0.717) is 19.2 Å². The standard InChI is InChI=1S/C32H38F2N2O4/c1-2-3-4-5-6-8-20-39-32-35-21-25(22-36-32)24-13-15-26(16-14-24)40-31(37)27-17-18-28(30(34)29(27)33)38-19-9-7-10-23-11-12-23/h13-18,21-23H,2-12,19-20H2,1H3. The average Bonchev–Trinajstić information content (AvgIpc) is 3.80. The first-order chi connectivity index (χ1) is 19.5. The second kappa shape index (κ2) is 15.3. The first kappa shape index (κ1) is 29.4. The zero-order valence-electron chi connectivity index (χ0n) is 23.2. The van der Waals surface area contributed by atoms with Gasteiger partial charge in [0.05, 0.1) is 18.8 Å². The fourth-order valence-corrected chi connectivity index (χ4v) is 4.39. The molecule has 1 aromatic heterocycles. The minimum atomic E-state index is -1.28.